The summed E-state index contributed by atoms with van der Waals surface area (Å²) in [6, 6.07) is -0.851. The van der Waals surface area contributed by atoms with Gasteiger partial charge in [0.25, 0.3) is 0 Å². The van der Waals surface area contributed by atoms with E-state index in [1.54, 1.807) is 0 Å². The molecule has 0 aromatic rings. The number of phosphoric acid groups is 1. The molecule has 1 amide bonds. The summed E-state index contributed by atoms with van der Waals surface area (Å²) in [5, 5.41) is 3.04. The number of esters is 1. The first-order valence-electron chi connectivity index (χ1n) is 29.0. The predicted octanol–water partition coefficient (Wildman–Crippen LogP) is 17.3. The number of allylic oxidation sites excluding steroid dienone is 7. The van der Waals surface area contributed by atoms with E-state index in [1.165, 1.54) is 148 Å². The number of hydrogen-bond donors (Lipinski definition) is 2. The predicted molar refractivity (Wildman–Crippen MR) is 295 cm³/mol. The summed E-state index contributed by atoms with van der Waals surface area (Å²) in [4.78, 5) is 37.5. The molecule has 0 aliphatic heterocycles. The van der Waals surface area contributed by atoms with E-state index >= 15 is 0 Å². The van der Waals surface area contributed by atoms with Gasteiger partial charge in [-0.25, -0.2) is 4.57 Å². The summed E-state index contributed by atoms with van der Waals surface area (Å²) in [5.74, 6) is -0.514. The highest BCUT2D eigenvalue weighted by Crippen LogP contribution is 2.43. The third-order valence-corrected chi connectivity index (χ3v) is 13.8. The number of carbonyl (C=O) groups is 2. The Morgan fingerprint density at radius 3 is 1.35 bits per heavy atom. The molecule has 0 saturated carbocycles. The van der Waals surface area contributed by atoms with Gasteiger partial charge in [-0.05, 0) is 70.3 Å². The summed E-state index contributed by atoms with van der Waals surface area (Å²) >= 11 is 0. The van der Waals surface area contributed by atoms with E-state index in [4.69, 9.17) is 13.8 Å². The fourth-order valence-electron chi connectivity index (χ4n) is 8.24. The second-order valence-electron chi connectivity index (χ2n) is 20.8. The van der Waals surface area contributed by atoms with Gasteiger partial charge in [0.15, 0.2) is 0 Å². The Morgan fingerprint density at radius 2 is 0.884 bits per heavy atom. The average Bonchev–Trinajstić information content (AvgIpc) is 3.31. The molecule has 0 spiro atoms. The quantitative estimate of drug-likeness (QED) is 0.0205. The van der Waals surface area contributed by atoms with Crippen LogP contribution >= 0.6 is 7.82 Å². The Bertz CT molecular complexity index is 1330. The minimum atomic E-state index is -4.44. The van der Waals surface area contributed by atoms with Gasteiger partial charge in [-0.1, -0.05) is 230 Å². The van der Waals surface area contributed by atoms with Crippen molar-refractivity contribution in [1.82, 2.24) is 5.32 Å². The van der Waals surface area contributed by atoms with Gasteiger partial charge >= 0.3 is 13.8 Å². The Labute approximate surface area is 427 Å². The monoisotopic (exact) mass is 992 g/mol. The standard InChI is InChI=1S/C59H111N2O7P/c1-7-10-13-16-19-22-25-27-28-29-30-31-32-34-37-39-42-45-48-51-58(62)60-56(55-67-69(64,65)66-54-53-61(4,5)6)57(50-47-44-41-38-36-33-26-23-20-17-14-11-8-2)68-59(63)52-49-46-43-40-35-24-21-18-15-12-9-3/h19,22,27-28,30-31,47,50,56-57H,7-18,20-21,23-26,29,32-46,48-49,51-55H2,1-6H3,(H-,60,62,64,65)/p+1/b22-19-,28-27-,31-30-,50-47+. The van der Waals surface area contributed by atoms with Gasteiger partial charge in [-0.15, -0.1) is 0 Å². The van der Waals surface area contributed by atoms with Crippen molar-refractivity contribution in [2.45, 2.75) is 277 Å². The molecule has 3 atom stereocenters. The van der Waals surface area contributed by atoms with Crippen LogP contribution in [0.4, 0.5) is 0 Å². The molecule has 404 valence electrons. The molecule has 0 radical (unpaired) electrons. The van der Waals surface area contributed by atoms with Crippen molar-refractivity contribution in [1.29, 1.82) is 0 Å². The summed E-state index contributed by atoms with van der Waals surface area (Å²) in [6.07, 6.45) is 59.5. The van der Waals surface area contributed by atoms with Crippen molar-refractivity contribution >= 4 is 19.7 Å². The third-order valence-electron chi connectivity index (χ3n) is 12.8. The molecule has 3 unspecified atom stereocenters. The van der Waals surface area contributed by atoms with Crippen LogP contribution < -0.4 is 5.32 Å². The van der Waals surface area contributed by atoms with Gasteiger partial charge in [0, 0.05) is 12.8 Å². The average molecular weight is 993 g/mol. The van der Waals surface area contributed by atoms with Crippen molar-refractivity contribution in [3.05, 3.63) is 48.6 Å². The largest absolute Gasteiger partial charge is 0.472 e. The van der Waals surface area contributed by atoms with Crippen LogP contribution in [-0.4, -0.2) is 74.3 Å². The lowest BCUT2D eigenvalue weighted by Gasteiger charge is -2.27. The Hall–Kier alpha value is -2.03. The molecule has 0 rings (SSSR count). The Kier molecular flexibility index (Phi) is 48.1. The van der Waals surface area contributed by atoms with Gasteiger partial charge in [0.1, 0.15) is 19.3 Å². The van der Waals surface area contributed by atoms with Crippen molar-refractivity contribution in [2.24, 2.45) is 0 Å². The van der Waals surface area contributed by atoms with Crippen molar-refractivity contribution < 1.29 is 37.3 Å². The zero-order chi connectivity index (χ0) is 50.8. The highest BCUT2D eigenvalue weighted by molar-refractivity contribution is 7.47. The number of likely N-dealkylation sites (N-methyl/N-ethyl adjacent to an activating group) is 1. The van der Waals surface area contributed by atoms with Crippen LogP contribution in [0.15, 0.2) is 48.6 Å². The molecule has 10 heteroatoms. The summed E-state index contributed by atoms with van der Waals surface area (Å²) in [5.41, 5.74) is 0. The fourth-order valence-corrected chi connectivity index (χ4v) is 8.98. The van der Waals surface area contributed by atoms with Gasteiger partial charge in [0.05, 0.1) is 33.8 Å². The van der Waals surface area contributed by atoms with Crippen LogP contribution in [-0.2, 0) is 27.9 Å². The molecule has 0 bridgehead atoms. The molecule has 9 nitrogen and oxygen atoms in total. The number of nitrogens with one attached hydrogen (secondary N) is 1. The molecule has 69 heavy (non-hydrogen) atoms. The normalized spacial score (nSPS) is 14.1. The Balaban J connectivity index is 5.33. The number of rotatable bonds is 52. The summed E-state index contributed by atoms with van der Waals surface area (Å²) in [6.45, 7) is 6.98. The zero-order valence-electron chi connectivity index (χ0n) is 46.1. The molecule has 0 aliphatic rings. The topological polar surface area (TPSA) is 111 Å². The maximum absolute atomic E-state index is 13.5. The number of unbranched alkanes of at least 4 members (excludes halogenated alkanes) is 30. The molecular weight excluding hydrogens is 880 g/mol. The van der Waals surface area contributed by atoms with Gasteiger partial charge < -0.3 is 19.4 Å². The van der Waals surface area contributed by atoms with Crippen LogP contribution in [0.3, 0.4) is 0 Å². The van der Waals surface area contributed by atoms with Gasteiger partial charge in [-0.2, -0.15) is 0 Å². The van der Waals surface area contributed by atoms with Crippen LogP contribution in [0, 0.1) is 0 Å². The number of quaternary nitrogens is 1. The summed E-state index contributed by atoms with van der Waals surface area (Å²) in [7, 11) is 1.49. The summed E-state index contributed by atoms with van der Waals surface area (Å²) < 4.78 is 30.6. The van der Waals surface area contributed by atoms with Crippen molar-refractivity contribution in [3.8, 4) is 0 Å². The SMILES string of the molecule is CCCCC/C=C\C/C=C\C/C=C\CCCCCCCCC(=O)NC(COP(=O)(O)OCC[N+](C)(C)C)C(/C=C/CCCCCCCCCCCCC)OC(=O)CCCCCCCCCCCCC. The first-order valence-corrected chi connectivity index (χ1v) is 30.5. The smallest absolute Gasteiger partial charge is 0.456 e. The molecule has 0 fully saturated rings. The fraction of sp³-hybridized carbons (Fsp3) is 0.831. The lowest BCUT2D eigenvalue weighted by Crippen LogP contribution is -2.47. The molecule has 0 heterocycles. The lowest BCUT2D eigenvalue weighted by molar-refractivity contribution is -0.870. The van der Waals surface area contributed by atoms with E-state index in [0.29, 0.717) is 23.9 Å². The van der Waals surface area contributed by atoms with Gasteiger partial charge in [0.2, 0.25) is 5.91 Å². The van der Waals surface area contributed by atoms with Crippen molar-refractivity contribution in [2.75, 3.05) is 40.9 Å². The number of hydrogen-bond acceptors (Lipinski definition) is 6. The minimum Gasteiger partial charge on any atom is -0.456 e. The third kappa shape index (κ3) is 50.7. The molecule has 0 aromatic carbocycles. The number of nitrogens with zero attached hydrogens (tertiary/aromatic N) is 1. The molecule has 0 saturated heterocycles. The first kappa shape index (κ1) is 67.0. The Morgan fingerprint density at radius 1 is 0.507 bits per heavy atom. The molecule has 0 aliphatic carbocycles. The maximum Gasteiger partial charge on any atom is 0.472 e. The zero-order valence-corrected chi connectivity index (χ0v) is 47.0. The molecule has 0 aromatic heterocycles. The van der Waals surface area contributed by atoms with E-state index in [2.05, 4.69) is 62.5 Å². The second kappa shape index (κ2) is 49.5. The second-order valence-corrected chi connectivity index (χ2v) is 22.3. The molecule has 2 N–H and O–H groups in total. The van der Waals surface area contributed by atoms with E-state index in [-0.39, 0.29) is 25.1 Å². The maximum atomic E-state index is 13.5. The number of ether oxygens (including phenoxy) is 1. The van der Waals surface area contributed by atoms with Crippen LogP contribution in [0.2, 0.25) is 0 Å². The van der Waals surface area contributed by atoms with Gasteiger partial charge in [-0.3, -0.25) is 18.6 Å². The van der Waals surface area contributed by atoms with E-state index in [9.17, 15) is 19.0 Å². The highest BCUT2D eigenvalue weighted by Gasteiger charge is 2.30. The van der Waals surface area contributed by atoms with E-state index < -0.39 is 20.0 Å². The first-order chi connectivity index (χ1) is 33.4. The lowest BCUT2D eigenvalue weighted by atomic mass is 10.0. The van der Waals surface area contributed by atoms with Crippen LogP contribution in [0.25, 0.3) is 0 Å². The number of amides is 1. The van der Waals surface area contributed by atoms with Crippen molar-refractivity contribution in [3.63, 3.8) is 0 Å². The highest BCUT2D eigenvalue weighted by atomic mass is 31.2. The number of carbonyl (C=O) groups excluding carboxylic acids is 2. The number of phosphoric ester groups is 1. The van der Waals surface area contributed by atoms with E-state index in [0.717, 1.165) is 83.5 Å². The minimum absolute atomic E-state index is 0.0381. The van der Waals surface area contributed by atoms with E-state index in [1.807, 2.05) is 33.3 Å². The molecular formula is C59H112N2O7P+. The van der Waals surface area contributed by atoms with Crippen LogP contribution in [0.5, 0.6) is 0 Å². The van der Waals surface area contributed by atoms with Crippen LogP contribution in [0.1, 0.15) is 265 Å².